The molecule has 10 heavy (non-hydrogen) atoms. The molecule has 0 spiro atoms. The maximum atomic E-state index is 3.32. The molecule has 0 saturated carbocycles. The summed E-state index contributed by atoms with van der Waals surface area (Å²) in [5, 5.41) is 3.32. The van der Waals surface area contributed by atoms with Gasteiger partial charge < -0.3 is 0 Å². The highest BCUT2D eigenvalue weighted by Crippen LogP contribution is 2.16. The second-order valence-electron chi connectivity index (χ2n) is 2.95. The third-order valence-electron chi connectivity index (χ3n) is 2.24. The molecular formula is C8H13N2+. The fourth-order valence-corrected chi connectivity index (χ4v) is 1.65. The Labute approximate surface area is 61.0 Å². The molecule has 1 unspecified atom stereocenters. The van der Waals surface area contributed by atoms with E-state index in [1.807, 2.05) is 6.34 Å². The van der Waals surface area contributed by atoms with Gasteiger partial charge >= 0.3 is 0 Å². The number of hydrogen-bond acceptors (Lipinski definition) is 1. The number of allylic oxidation sites excluding steroid dienone is 1. The summed E-state index contributed by atoms with van der Waals surface area (Å²) in [6.45, 7) is 1.05. The van der Waals surface area contributed by atoms with Crippen molar-refractivity contribution in [1.29, 1.82) is 0 Å². The molecule has 0 saturated heterocycles. The van der Waals surface area contributed by atoms with Crippen LogP contribution in [0.4, 0.5) is 0 Å². The Morgan fingerprint density at radius 1 is 1.60 bits per heavy atom. The molecule has 0 radical (unpaired) electrons. The van der Waals surface area contributed by atoms with Gasteiger partial charge in [-0.1, -0.05) is 6.08 Å². The van der Waals surface area contributed by atoms with Crippen LogP contribution < -0.4 is 10.3 Å². The summed E-state index contributed by atoms with van der Waals surface area (Å²) in [4.78, 5) is 3.18. The lowest BCUT2D eigenvalue weighted by Crippen LogP contribution is -2.76. The van der Waals surface area contributed by atoms with E-state index in [9.17, 15) is 0 Å². The van der Waals surface area contributed by atoms with Gasteiger partial charge in [0.05, 0.1) is 0 Å². The molecule has 0 fully saturated rings. The Morgan fingerprint density at radius 3 is 3.50 bits per heavy atom. The molecular weight excluding hydrogens is 124 g/mol. The Morgan fingerprint density at radius 2 is 2.60 bits per heavy atom. The molecule has 2 rings (SSSR count). The summed E-state index contributed by atoms with van der Waals surface area (Å²) in [6.07, 6.45) is 8.25. The Bertz CT molecular complexity index is 182. The van der Waals surface area contributed by atoms with Crippen LogP contribution in [0.2, 0.25) is 0 Å². The average Bonchev–Trinajstić information content (AvgIpc) is 2.05. The van der Waals surface area contributed by atoms with Crippen LogP contribution in [-0.2, 0) is 0 Å². The second-order valence-corrected chi connectivity index (χ2v) is 2.95. The van der Waals surface area contributed by atoms with Gasteiger partial charge in [-0.25, -0.2) is 0 Å². The van der Waals surface area contributed by atoms with Crippen LogP contribution in [0, 0.1) is 0 Å². The predicted octanol–water partition coefficient (Wildman–Crippen LogP) is -0.823. The van der Waals surface area contributed by atoms with E-state index < -0.39 is 0 Å². The van der Waals surface area contributed by atoms with E-state index >= 15 is 0 Å². The van der Waals surface area contributed by atoms with E-state index in [1.165, 1.54) is 19.3 Å². The molecule has 1 aliphatic heterocycles. The van der Waals surface area contributed by atoms with E-state index in [0.29, 0.717) is 6.04 Å². The van der Waals surface area contributed by atoms with Crippen molar-refractivity contribution in [2.45, 2.75) is 25.3 Å². The van der Waals surface area contributed by atoms with Gasteiger partial charge in [-0.05, 0) is 19.3 Å². The first-order chi connectivity index (χ1) is 4.97. The summed E-state index contributed by atoms with van der Waals surface area (Å²) in [7, 11) is 0. The maximum Gasteiger partial charge on any atom is 0.230 e. The second kappa shape index (κ2) is 2.45. The number of hydrogen-bond donors (Lipinski definition) is 2. The van der Waals surface area contributed by atoms with E-state index in [0.717, 1.165) is 6.54 Å². The van der Waals surface area contributed by atoms with Gasteiger partial charge in [-0.15, -0.1) is 0 Å². The molecule has 1 atom stereocenters. The molecule has 2 aliphatic rings. The molecule has 0 bridgehead atoms. The van der Waals surface area contributed by atoms with E-state index in [4.69, 9.17) is 0 Å². The van der Waals surface area contributed by atoms with Gasteiger partial charge in [0.1, 0.15) is 12.6 Å². The van der Waals surface area contributed by atoms with Crippen molar-refractivity contribution < 1.29 is 4.99 Å². The van der Waals surface area contributed by atoms with Crippen molar-refractivity contribution in [3.63, 3.8) is 0 Å². The predicted molar refractivity (Wildman–Crippen MR) is 40.8 cm³/mol. The fraction of sp³-hybridized carbons (Fsp3) is 0.625. The number of rotatable bonds is 0. The van der Waals surface area contributed by atoms with Gasteiger partial charge in [0.15, 0.2) is 0 Å². The largest absolute Gasteiger partial charge is 0.277 e. The fourth-order valence-electron chi connectivity index (χ4n) is 1.65. The van der Waals surface area contributed by atoms with Crippen LogP contribution in [-0.4, -0.2) is 18.9 Å². The molecule has 0 aromatic carbocycles. The molecule has 0 amide bonds. The van der Waals surface area contributed by atoms with Crippen molar-refractivity contribution >= 4 is 6.34 Å². The summed E-state index contributed by atoms with van der Waals surface area (Å²) < 4.78 is 0. The van der Waals surface area contributed by atoms with Gasteiger partial charge in [0.25, 0.3) is 0 Å². The molecule has 2 N–H and O–H groups in total. The van der Waals surface area contributed by atoms with Gasteiger partial charge in [0, 0.05) is 5.57 Å². The monoisotopic (exact) mass is 137 g/mol. The first-order valence-electron chi connectivity index (χ1n) is 3.97. The zero-order valence-corrected chi connectivity index (χ0v) is 6.06. The lowest BCUT2D eigenvalue weighted by atomic mass is 9.94. The summed E-state index contributed by atoms with van der Waals surface area (Å²) >= 11 is 0. The smallest absolute Gasteiger partial charge is 0.230 e. The first kappa shape index (κ1) is 5.96. The van der Waals surface area contributed by atoms with Crippen molar-refractivity contribution in [2.75, 3.05) is 6.54 Å². The summed E-state index contributed by atoms with van der Waals surface area (Å²) in [6, 6.07) is 0.648. The van der Waals surface area contributed by atoms with Crippen LogP contribution in [0.3, 0.4) is 0 Å². The molecule has 0 aromatic rings. The van der Waals surface area contributed by atoms with Crippen LogP contribution in [0.25, 0.3) is 0 Å². The van der Waals surface area contributed by atoms with Gasteiger partial charge in [0.2, 0.25) is 6.34 Å². The molecule has 0 aromatic heterocycles. The zero-order chi connectivity index (χ0) is 6.81. The third-order valence-corrected chi connectivity index (χ3v) is 2.24. The molecule has 2 heteroatoms. The van der Waals surface area contributed by atoms with Crippen LogP contribution in [0.15, 0.2) is 11.6 Å². The lowest BCUT2D eigenvalue weighted by molar-refractivity contribution is -0.448. The Hall–Kier alpha value is -0.790. The molecule has 2 nitrogen and oxygen atoms in total. The van der Waals surface area contributed by atoms with Crippen LogP contribution in [0.1, 0.15) is 19.3 Å². The quantitative estimate of drug-likeness (QED) is 0.419. The highest BCUT2D eigenvalue weighted by Gasteiger charge is 2.22. The zero-order valence-electron chi connectivity index (χ0n) is 6.06. The van der Waals surface area contributed by atoms with E-state index in [-0.39, 0.29) is 0 Å². The highest BCUT2D eigenvalue weighted by atomic mass is 15.0. The van der Waals surface area contributed by atoms with Crippen molar-refractivity contribution in [2.24, 2.45) is 0 Å². The SMILES string of the molecule is C1=[NH+]CC2=CCCCC2N1. The minimum Gasteiger partial charge on any atom is -0.277 e. The third kappa shape index (κ3) is 0.939. The van der Waals surface area contributed by atoms with Crippen LogP contribution in [0.5, 0.6) is 0 Å². The first-order valence-corrected chi connectivity index (χ1v) is 3.97. The standard InChI is InChI=1S/C8H12N2/c1-2-4-8-7(3-1)5-9-6-10-8/h3,6,8H,1-2,4-5H2,(H,9,10)/p+1. The Balaban J connectivity index is 2.17. The molecule has 1 heterocycles. The van der Waals surface area contributed by atoms with Crippen molar-refractivity contribution in [3.8, 4) is 0 Å². The lowest BCUT2D eigenvalue weighted by Gasteiger charge is -2.21. The minimum atomic E-state index is 0.648. The van der Waals surface area contributed by atoms with E-state index in [2.05, 4.69) is 16.4 Å². The maximum absolute atomic E-state index is 3.32. The van der Waals surface area contributed by atoms with Gasteiger partial charge in [-0.2, -0.15) is 0 Å². The minimum absolute atomic E-state index is 0.648. The summed E-state index contributed by atoms with van der Waals surface area (Å²) in [5.74, 6) is 0. The topological polar surface area (TPSA) is 26.0 Å². The van der Waals surface area contributed by atoms with Crippen LogP contribution >= 0.6 is 0 Å². The van der Waals surface area contributed by atoms with Crippen molar-refractivity contribution in [3.05, 3.63) is 11.6 Å². The van der Waals surface area contributed by atoms with Gasteiger partial charge in [-0.3, -0.25) is 10.3 Å². The molecule has 1 aliphatic carbocycles. The Kier molecular flexibility index (Phi) is 1.46. The van der Waals surface area contributed by atoms with E-state index in [1.54, 1.807) is 5.57 Å². The summed E-state index contributed by atoms with van der Waals surface area (Å²) in [5.41, 5.74) is 1.55. The normalized spacial score (nSPS) is 30.4. The number of nitrogens with one attached hydrogen (secondary N) is 2. The van der Waals surface area contributed by atoms with Crippen molar-refractivity contribution in [1.82, 2.24) is 5.32 Å². The highest BCUT2D eigenvalue weighted by molar-refractivity contribution is 5.50. The average molecular weight is 137 g/mol. The molecule has 54 valence electrons. The number of fused-ring (bicyclic) bond motifs is 1.